The fourth-order valence-corrected chi connectivity index (χ4v) is 3.61. The van der Waals surface area contributed by atoms with Crippen molar-refractivity contribution >= 4 is 17.7 Å². The van der Waals surface area contributed by atoms with Crippen molar-refractivity contribution in [3.05, 3.63) is 34.9 Å². The van der Waals surface area contributed by atoms with Gasteiger partial charge in [0.25, 0.3) is 5.91 Å². The summed E-state index contributed by atoms with van der Waals surface area (Å²) in [6, 6.07) is 5.49. The van der Waals surface area contributed by atoms with Gasteiger partial charge in [0.05, 0.1) is 0 Å². The van der Waals surface area contributed by atoms with E-state index in [-0.39, 0.29) is 24.1 Å². The summed E-state index contributed by atoms with van der Waals surface area (Å²) in [5, 5.41) is 2.33. The normalized spacial score (nSPS) is 19.5. The van der Waals surface area contributed by atoms with Crippen LogP contribution in [0.5, 0.6) is 0 Å². The van der Waals surface area contributed by atoms with Gasteiger partial charge in [-0.3, -0.25) is 19.7 Å². The average Bonchev–Trinajstić information content (AvgIpc) is 2.94. The van der Waals surface area contributed by atoms with E-state index in [0.29, 0.717) is 24.4 Å². The first-order valence-electron chi connectivity index (χ1n) is 9.32. The predicted molar refractivity (Wildman–Crippen MR) is 97.2 cm³/mol. The van der Waals surface area contributed by atoms with E-state index in [9.17, 15) is 14.4 Å². The van der Waals surface area contributed by atoms with Gasteiger partial charge in [-0.25, -0.2) is 0 Å². The summed E-state index contributed by atoms with van der Waals surface area (Å²) < 4.78 is 0. The van der Waals surface area contributed by atoms with Gasteiger partial charge in [-0.15, -0.1) is 0 Å². The fraction of sp³-hybridized carbons (Fsp3) is 0.550. The first-order chi connectivity index (χ1) is 12.0. The Balaban J connectivity index is 0.00000109. The zero-order valence-corrected chi connectivity index (χ0v) is 15.6. The lowest BCUT2D eigenvalue weighted by Crippen LogP contribution is -2.52. The standard InChI is InChI=1S/C18H22N2O3.C2H6/c1-3-11(4-2)12-5-6-14-13(9-12)10-20(18(14)23)15-7-8-16(21)19-17(15)22;1-2/h5-6,9,11,15H,3-4,7-8,10H2,1-2H3,(H,19,21,22);1-2H3. The predicted octanol–water partition coefficient (Wildman–Crippen LogP) is 3.38. The quantitative estimate of drug-likeness (QED) is 0.852. The van der Waals surface area contributed by atoms with Crippen LogP contribution < -0.4 is 5.32 Å². The van der Waals surface area contributed by atoms with Crippen molar-refractivity contribution in [3.63, 3.8) is 0 Å². The molecule has 0 bridgehead atoms. The van der Waals surface area contributed by atoms with E-state index in [2.05, 4.69) is 25.2 Å². The van der Waals surface area contributed by atoms with E-state index in [1.807, 2.05) is 26.0 Å². The van der Waals surface area contributed by atoms with Crippen LogP contribution in [0.4, 0.5) is 0 Å². The maximum absolute atomic E-state index is 12.6. The Kier molecular flexibility index (Phi) is 6.34. The van der Waals surface area contributed by atoms with Crippen LogP contribution in [0.1, 0.15) is 80.8 Å². The first kappa shape index (κ1) is 19.2. The van der Waals surface area contributed by atoms with Crippen LogP contribution in [-0.4, -0.2) is 28.7 Å². The highest BCUT2D eigenvalue weighted by Gasteiger charge is 2.39. The van der Waals surface area contributed by atoms with Crippen molar-refractivity contribution in [1.82, 2.24) is 10.2 Å². The molecule has 136 valence electrons. The molecule has 1 N–H and O–H groups in total. The number of benzene rings is 1. The van der Waals surface area contributed by atoms with E-state index in [0.717, 1.165) is 18.4 Å². The molecule has 0 saturated carbocycles. The summed E-state index contributed by atoms with van der Waals surface area (Å²) >= 11 is 0. The third kappa shape index (κ3) is 3.75. The third-order valence-corrected chi connectivity index (χ3v) is 5.00. The molecule has 1 atom stereocenters. The maximum atomic E-state index is 12.6. The number of carbonyl (C=O) groups excluding carboxylic acids is 3. The third-order valence-electron chi connectivity index (χ3n) is 5.00. The molecule has 3 rings (SSSR count). The summed E-state index contributed by atoms with van der Waals surface area (Å²) in [6.45, 7) is 8.79. The Labute approximate surface area is 149 Å². The average molecular weight is 344 g/mol. The molecule has 5 heteroatoms. The number of fused-ring (bicyclic) bond motifs is 1. The number of hydrogen-bond acceptors (Lipinski definition) is 3. The van der Waals surface area contributed by atoms with E-state index in [1.54, 1.807) is 4.90 Å². The second-order valence-corrected chi connectivity index (χ2v) is 6.33. The van der Waals surface area contributed by atoms with Crippen molar-refractivity contribution in [2.75, 3.05) is 0 Å². The number of rotatable bonds is 4. The molecule has 1 aromatic rings. The summed E-state index contributed by atoms with van der Waals surface area (Å²) in [7, 11) is 0. The lowest BCUT2D eigenvalue weighted by Gasteiger charge is -2.29. The Hall–Kier alpha value is -2.17. The second-order valence-electron chi connectivity index (χ2n) is 6.33. The van der Waals surface area contributed by atoms with Gasteiger partial charge in [0.2, 0.25) is 11.8 Å². The molecule has 2 aliphatic rings. The molecule has 0 aromatic heterocycles. The van der Waals surface area contributed by atoms with Gasteiger partial charge in [-0.2, -0.15) is 0 Å². The summed E-state index contributed by atoms with van der Waals surface area (Å²) in [5.41, 5.74) is 2.93. The van der Waals surface area contributed by atoms with Crippen LogP contribution >= 0.6 is 0 Å². The highest BCUT2D eigenvalue weighted by atomic mass is 16.2. The number of piperidine rings is 1. The molecule has 1 aromatic carbocycles. The fourth-order valence-electron chi connectivity index (χ4n) is 3.61. The zero-order chi connectivity index (χ0) is 18.6. The Morgan fingerprint density at radius 1 is 1.16 bits per heavy atom. The molecule has 1 unspecified atom stereocenters. The molecule has 25 heavy (non-hydrogen) atoms. The minimum atomic E-state index is -0.538. The molecule has 2 heterocycles. The monoisotopic (exact) mass is 344 g/mol. The molecule has 2 aliphatic heterocycles. The van der Waals surface area contributed by atoms with Gasteiger partial charge in [-0.05, 0) is 42.4 Å². The van der Waals surface area contributed by atoms with Gasteiger partial charge in [0.1, 0.15) is 6.04 Å². The van der Waals surface area contributed by atoms with Crippen LogP contribution in [0.25, 0.3) is 0 Å². The van der Waals surface area contributed by atoms with E-state index >= 15 is 0 Å². The lowest BCUT2D eigenvalue weighted by atomic mass is 9.92. The Bertz CT molecular complexity index is 665. The molecule has 1 saturated heterocycles. The minimum Gasteiger partial charge on any atom is -0.322 e. The number of nitrogens with zero attached hydrogens (tertiary/aromatic N) is 1. The number of amides is 3. The highest BCUT2D eigenvalue weighted by Crippen LogP contribution is 2.31. The molecule has 0 radical (unpaired) electrons. The van der Waals surface area contributed by atoms with Gasteiger partial charge >= 0.3 is 0 Å². The zero-order valence-electron chi connectivity index (χ0n) is 15.6. The molecular weight excluding hydrogens is 316 g/mol. The molecular formula is C20H28N2O3. The largest absolute Gasteiger partial charge is 0.322 e. The lowest BCUT2D eigenvalue weighted by molar-refractivity contribution is -0.136. The SMILES string of the molecule is CC.CCC(CC)c1ccc2c(c1)CN(C1CCC(=O)NC1=O)C2=O. The van der Waals surface area contributed by atoms with Crippen molar-refractivity contribution < 1.29 is 14.4 Å². The van der Waals surface area contributed by atoms with E-state index < -0.39 is 6.04 Å². The van der Waals surface area contributed by atoms with Gasteiger partial charge in [0.15, 0.2) is 0 Å². The Morgan fingerprint density at radius 3 is 2.44 bits per heavy atom. The molecule has 1 fully saturated rings. The van der Waals surface area contributed by atoms with Crippen LogP contribution in [0.3, 0.4) is 0 Å². The van der Waals surface area contributed by atoms with Crippen LogP contribution in [0, 0.1) is 0 Å². The molecule has 0 spiro atoms. The Morgan fingerprint density at radius 2 is 1.84 bits per heavy atom. The van der Waals surface area contributed by atoms with Crippen LogP contribution in [0.2, 0.25) is 0 Å². The summed E-state index contributed by atoms with van der Waals surface area (Å²) in [6.07, 6.45) is 2.83. The van der Waals surface area contributed by atoms with Gasteiger partial charge in [-0.1, -0.05) is 39.8 Å². The van der Waals surface area contributed by atoms with Gasteiger partial charge < -0.3 is 4.90 Å². The topological polar surface area (TPSA) is 66.5 Å². The van der Waals surface area contributed by atoms with Crippen LogP contribution in [0.15, 0.2) is 18.2 Å². The molecule has 0 aliphatic carbocycles. The highest BCUT2D eigenvalue weighted by molar-refractivity contribution is 6.05. The van der Waals surface area contributed by atoms with Crippen LogP contribution in [-0.2, 0) is 16.1 Å². The van der Waals surface area contributed by atoms with E-state index in [1.165, 1.54) is 5.56 Å². The van der Waals surface area contributed by atoms with Gasteiger partial charge in [0, 0.05) is 18.5 Å². The summed E-state index contributed by atoms with van der Waals surface area (Å²) in [4.78, 5) is 37.5. The molecule has 3 amide bonds. The summed E-state index contributed by atoms with van der Waals surface area (Å²) in [5.74, 6) is -0.222. The van der Waals surface area contributed by atoms with Crippen molar-refractivity contribution in [1.29, 1.82) is 0 Å². The first-order valence-corrected chi connectivity index (χ1v) is 9.32. The van der Waals surface area contributed by atoms with Crippen molar-refractivity contribution in [3.8, 4) is 0 Å². The van der Waals surface area contributed by atoms with Crippen molar-refractivity contribution in [2.45, 2.75) is 71.9 Å². The second kappa shape index (κ2) is 8.28. The number of carbonyl (C=O) groups is 3. The minimum absolute atomic E-state index is 0.106. The number of hydrogen-bond donors (Lipinski definition) is 1. The maximum Gasteiger partial charge on any atom is 0.255 e. The number of nitrogens with one attached hydrogen (secondary N) is 1. The van der Waals surface area contributed by atoms with Crippen molar-refractivity contribution in [2.24, 2.45) is 0 Å². The van der Waals surface area contributed by atoms with E-state index in [4.69, 9.17) is 0 Å². The number of imide groups is 1. The smallest absolute Gasteiger partial charge is 0.255 e. The molecule has 5 nitrogen and oxygen atoms in total.